The standard InChI is InChI=1S/C18H15BrN4S2/c1-12-16(21-20-15-10-8-14(19)9-11-15)17(13-6-4-3-5-7-13)22-23(12)18(24)25-2/h3-11H,1-2H3. The van der Waals surface area contributed by atoms with Gasteiger partial charge >= 0.3 is 0 Å². The van der Waals surface area contributed by atoms with E-state index in [4.69, 9.17) is 12.2 Å². The molecule has 1 aromatic heterocycles. The van der Waals surface area contributed by atoms with Gasteiger partial charge in [-0.3, -0.25) is 0 Å². The predicted molar refractivity (Wildman–Crippen MR) is 112 cm³/mol. The molecule has 3 aromatic rings. The SMILES string of the molecule is CSC(=S)n1nc(-c2ccccc2)c(N=Nc2ccc(Br)cc2)c1C. The minimum atomic E-state index is 0.680. The quantitative estimate of drug-likeness (QED) is 0.350. The first-order chi connectivity index (χ1) is 12.1. The molecule has 0 saturated heterocycles. The summed E-state index contributed by atoms with van der Waals surface area (Å²) < 4.78 is 3.43. The predicted octanol–water partition coefficient (Wildman–Crippen LogP) is 6.53. The average Bonchev–Trinajstić information content (AvgIpc) is 2.98. The number of nitrogens with zero attached hydrogens (tertiary/aromatic N) is 4. The summed E-state index contributed by atoms with van der Waals surface area (Å²) >= 11 is 10.3. The third-order valence-corrected chi connectivity index (χ3v) is 5.30. The normalized spacial score (nSPS) is 11.2. The average molecular weight is 431 g/mol. The van der Waals surface area contributed by atoms with E-state index in [0.717, 1.165) is 32.8 Å². The first-order valence-corrected chi connectivity index (χ1v) is 9.93. The maximum absolute atomic E-state index is 5.41. The summed E-state index contributed by atoms with van der Waals surface area (Å²) in [7, 11) is 0. The molecule has 0 aliphatic carbocycles. The maximum Gasteiger partial charge on any atom is 0.161 e. The van der Waals surface area contributed by atoms with Crippen molar-refractivity contribution < 1.29 is 0 Å². The summed E-state index contributed by atoms with van der Waals surface area (Å²) in [4.78, 5) is 0. The van der Waals surface area contributed by atoms with Crippen LogP contribution in [-0.2, 0) is 0 Å². The second kappa shape index (κ2) is 8.03. The fraction of sp³-hybridized carbons (Fsp3) is 0.111. The largest absolute Gasteiger partial charge is 0.218 e. The number of benzene rings is 2. The molecular weight excluding hydrogens is 416 g/mol. The van der Waals surface area contributed by atoms with Crippen molar-refractivity contribution in [3.63, 3.8) is 0 Å². The van der Waals surface area contributed by atoms with Gasteiger partial charge in [-0.15, -0.1) is 5.11 Å². The van der Waals surface area contributed by atoms with Gasteiger partial charge in [0.15, 0.2) is 4.32 Å². The van der Waals surface area contributed by atoms with Crippen molar-refractivity contribution in [1.29, 1.82) is 0 Å². The second-order valence-electron chi connectivity index (χ2n) is 5.21. The lowest BCUT2D eigenvalue weighted by atomic mass is 10.1. The summed E-state index contributed by atoms with van der Waals surface area (Å²) in [6, 6.07) is 17.6. The molecule has 0 spiro atoms. The smallest absolute Gasteiger partial charge is 0.161 e. The van der Waals surface area contributed by atoms with Gasteiger partial charge in [-0.2, -0.15) is 10.2 Å². The number of thiocarbonyl (C=S) groups is 1. The molecule has 25 heavy (non-hydrogen) atoms. The molecule has 0 atom stereocenters. The molecule has 0 saturated carbocycles. The molecule has 3 rings (SSSR count). The van der Waals surface area contributed by atoms with Crippen LogP contribution in [0.1, 0.15) is 5.69 Å². The van der Waals surface area contributed by atoms with Gasteiger partial charge in [-0.25, -0.2) is 4.68 Å². The van der Waals surface area contributed by atoms with Crippen molar-refractivity contribution in [2.45, 2.75) is 6.92 Å². The van der Waals surface area contributed by atoms with Crippen molar-refractivity contribution in [1.82, 2.24) is 9.78 Å². The van der Waals surface area contributed by atoms with Crippen LogP contribution in [0.4, 0.5) is 11.4 Å². The zero-order valence-corrected chi connectivity index (χ0v) is 16.9. The van der Waals surface area contributed by atoms with E-state index in [-0.39, 0.29) is 0 Å². The number of hydrogen-bond acceptors (Lipinski definition) is 5. The highest BCUT2D eigenvalue weighted by Crippen LogP contribution is 2.34. The van der Waals surface area contributed by atoms with Crippen LogP contribution >= 0.6 is 39.9 Å². The number of halogens is 1. The first-order valence-electron chi connectivity index (χ1n) is 7.51. The Balaban J connectivity index is 2.08. The third kappa shape index (κ3) is 4.05. The third-order valence-electron chi connectivity index (χ3n) is 3.57. The Morgan fingerprint density at radius 3 is 2.40 bits per heavy atom. The Kier molecular flexibility index (Phi) is 5.78. The number of azo groups is 1. The summed E-state index contributed by atoms with van der Waals surface area (Å²) in [5.74, 6) is 0. The molecule has 2 aromatic carbocycles. The molecule has 0 N–H and O–H groups in total. The highest BCUT2D eigenvalue weighted by Gasteiger charge is 2.18. The molecule has 0 amide bonds. The van der Waals surface area contributed by atoms with Gasteiger partial charge in [0.25, 0.3) is 0 Å². The molecule has 0 bridgehead atoms. The number of hydrogen-bond donors (Lipinski definition) is 0. The highest BCUT2D eigenvalue weighted by atomic mass is 79.9. The summed E-state index contributed by atoms with van der Waals surface area (Å²) in [5, 5.41) is 13.5. The van der Waals surface area contributed by atoms with Crippen LogP contribution in [0.25, 0.3) is 11.3 Å². The van der Waals surface area contributed by atoms with E-state index in [2.05, 4.69) is 31.3 Å². The van der Waals surface area contributed by atoms with Gasteiger partial charge in [0.1, 0.15) is 11.4 Å². The van der Waals surface area contributed by atoms with Gasteiger partial charge in [0, 0.05) is 10.0 Å². The van der Waals surface area contributed by atoms with E-state index in [1.165, 1.54) is 11.8 Å². The van der Waals surface area contributed by atoms with Crippen LogP contribution in [0.15, 0.2) is 69.3 Å². The van der Waals surface area contributed by atoms with Crippen LogP contribution in [0.3, 0.4) is 0 Å². The van der Waals surface area contributed by atoms with E-state index < -0.39 is 0 Å². The molecule has 0 aliphatic heterocycles. The van der Waals surface area contributed by atoms with E-state index in [1.807, 2.05) is 67.8 Å². The van der Waals surface area contributed by atoms with Crippen molar-refractivity contribution in [3.8, 4) is 11.3 Å². The second-order valence-corrected chi connectivity index (χ2v) is 7.56. The first kappa shape index (κ1) is 18.0. The minimum Gasteiger partial charge on any atom is -0.218 e. The van der Waals surface area contributed by atoms with E-state index in [9.17, 15) is 0 Å². The lowest BCUT2D eigenvalue weighted by molar-refractivity contribution is 0.928. The van der Waals surface area contributed by atoms with E-state index >= 15 is 0 Å². The van der Waals surface area contributed by atoms with Gasteiger partial charge in [0.05, 0.1) is 11.4 Å². The minimum absolute atomic E-state index is 0.680. The molecule has 0 radical (unpaired) electrons. The topological polar surface area (TPSA) is 42.5 Å². The summed E-state index contributed by atoms with van der Waals surface area (Å²) in [6.45, 7) is 1.96. The van der Waals surface area contributed by atoms with Crippen molar-refractivity contribution in [2.24, 2.45) is 10.2 Å². The van der Waals surface area contributed by atoms with Crippen LogP contribution in [0.2, 0.25) is 0 Å². The van der Waals surface area contributed by atoms with Gasteiger partial charge < -0.3 is 0 Å². The molecular formula is C18H15BrN4S2. The van der Waals surface area contributed by atoms with Crippen LogP contribution in [0, 0.1) is 6.92 Å². The van der Waals surface area contributed by atoms with Crippen LogP contribution < -0.4 is 0 Å². The van der Waals surface area contributed by atoms with Crippen LogP contribution in [-0.4, -0.2) is 20.4 Å². The fourth-order valence-electron chi connectivity index (χ4n) is 2.28. The van der Waals surface area contributed by atoms with Crippen molar-refractivity contribution in [3.05, 3.63) is 64.8 Å². The Labute approximate surface area is 164 Å². The van der Waals surface area contributed by atoms with Gasteiger partial charge in [-0.1, -0.05) is 70.2 Å². The molecule has 1 heterocycles. The van der Waals surface area contributed by atoms with Crippen molar-refractivity contribution in [2.75, 3.05) is 6.26 Å². The molecule has 0 aliphatic rings. The van der Waals surface area contributed by atoms with Crippen molar-refractivity contribution >= 4 is 55.6 Å². The zero-order chi connectivity index (χ0) is 17.8. The Hall–Kier alpha value is -1.83. The lowest BCUT2D eigenvalue weighted by Gasteiger charge is -2.01. The number of thioether (sulfide) groups is 1. The molecule has 0 fully saturated rings. The van der Waals surface area contributed by atoms with E-state index in [0.29, 0.717) is 4.32 Å². The van der Waals surface area contributed by atoms with E-state index in [1.54, 1.807) is 4.68 Å². The highest BCUT2D eigenvalue weighted by molar-refractivity contribution is 9.10. The Morgan fingerprint density at radius 1 is 1.08 bits per heavy atom. The molecule has 126 valence electrons. The van der Waals surface area contributed by atoms with Gasteiger partial charge in [0.2, 0.25) is 0 Å². The summed E-state index contributed by atoms with van der Waals surface area (Å²) in [6.07, 6.45) is 1.94. The summed E-state index contributed by atoms with van der Waals surface area (Å²) in [5.41, 5.74) is 4.14. The lowest BCUT2D eigenvalue weighted by Crippen LogP contribution is -2.08. The fourth-order valence-corrected chi connectivity index (χ4v) is 3.08. The van der Waals surface area contributed by atoms with Gasteiger partial charge in [-0.05, 0) is 37.4 Å². The Morgan fingerprint density at radius 2 is 1.76 bits per heavy atom. The molecule has 4 nitrogen and oxygen atoms in total. The number of aromatic nitrogens is 2. The van der Waals surface area contributed by atoms with Crippen LogP contribution in [0.5, 0.6) is 0 Å². The maximum atomic E-state index is 5.41. The number of rotatable bonds is 3. The Bertz CT molecular complexity index is 918. The molecule has 7 heteroatoms. The molecule has 0 unspecified atom stereocenters. The monoisotopic (exact) mass is 430 g/mol. The zero-order valence-electron chi connectivity index (χ0n) is 13.7.